The molecule has 3 unspecified atom stereocenters. The molecule has 9 nitrogen and oxygen atoms in total. The van der Waals surface area contributed by atoms with E-state index < -0.39 is 36.4 Å². The second kappa shape index (κ2) is 12.2. The van der Waals surface area contributed by atoms with Crippen molar-refractivity contribution in [2.75, 3.05) is 13.2 Å². The SMILES string of the molecule is CC(=O)OCC1OC(OCCCCC(=O)ONS)C(C)[C@@H](C)[C@H]1OC(C)=O. The first-order valence-electron chi connectivity index (χ1n) is 8.92. The van der Waals surface area contributed by atoms with Gasteiger partial charge in [0, 0.05) is 38.7 Å². The number of carbonyl (C=O) groups excluding carboxylic acids is 3. The van der Waals surface area contributed by atoms with E-state index in [9.17, 15) is 14.4 Å². The van der Waals surface area contributed by atoms with Crippen molar-refractivity contribution in [2.45, 2.75) is 65.5 Å². The zero-order chi connectivity index (χ0) is 20.4. The maximum atomic E-state index is 11.4. The molecule has 1 aliphatic heterocycles. The van der Waals surface area contributed by atoms with Crippen molar-refractivity contribution in [2.24, 2.45) is 11.8 Å². The molecule has 1 saturated heterocycles. The van der Waals surface area contributed by atoms with Crippen LogP contribution in [0.2, 0.25) is 0 Å². The van der Waals surface area contributed by atoms with Gasteiger partial charge in [0.05, 0.1) is 0 Å². The Labute approximate surface area is 164 Å². The lowest BCUT2D eigenvalue weighted by Gasteiger charge is -2.43. The summed E-state index contributed by atoms with van der Waals surface area (Å²) in [5.41, 5.74) is 0. The molecule has 156 valence electrons. The Morgan fingerprint density at radius 2 is 1.78 bits per heavy atom. The molecule has 1 heterocycles. The van der Waals surface area contributed by atoms with Crippen LogP contribution >= 0.6 is 12.8 Å². The van der Waals surface area contributed by atoms with Gasteiger partial charge in [0.15, 0.2) is 6.29 Å². The minimum absolute atomic E-state index is 0.0211. The second-order valence-electron chi connectivity index (χ2n) is 6.53. The molecule has 1 rings (SSSR count). The Bertz CT molecular complexity index is 503. The van der Waals surface area contributed by atoms with Crippen molar-refractivity contribution in [3.63, 3.8) is 0 Å². The summed E-state index contributed by atoms with van der Waals surface area (Å²) in [7, 11) is 0. The number of unbranched alkanes of at least 4 members (excludes halogenated alkanes) is 1. The maximum Gasteiger partial charge on any atom is 0.325 e. The average Bonchev–Trinajstić information content (AvgIpc) is 2.59. The maximum absolute atomic E-state index is 11.4. The van der Waals surface area contributed by atoms with E-state index in [0.29, 0.717) is 19.4 Å². The molecular weight excluding hydrogens is 378 g/mol. The van der Waals surface area contributed by atoms with Crippen LogP contribution in [0.3, 0.4) is 0 Å². The summed E-state index contributed by atoms with van der Waals surface area (Å²) in [5.74, 6) is -1.35. The summed E-state index contributed by atoms with van der Waals surface area (Å²) in [5, 5.41) is 0. The lowest BCUT2D eigenvalue weighted by Crippen LogP contribution is -2.53. The molecule has 0 aromatic carbocycles. The van der Waals surface area contributed by atoms with E-state index in [1.165, 1.54) is 13.8 Å². The Kier molecular flexibility index (Phi) is 10.7. The minimum Gasteiger partial charge on any atom is -0.463 e. The fraction of sp³-hybridized carbons (Fsp3) is 0.824. The zero-order valence-electron chi connectivity index (χ0n) is 16.1. The monoisotopic (exact) mass is 407 g/mol. The van der Waals surface area contributed by atoms with Gasteiger partial charge in [-0.1, -0.05) is 31.5 Å². The first-order chi connectivity index (χ1) is 12.8. The van der Waals surface area contributed by atoms with Gasteiger partial charge in [0.2, 0.25) is 0 Å². The van der Waals surface area contributed by atoms with Crippen LogP contribution in [0.25, 0.3) is 0 Å². The molecule has 0 aromatic heterocycles. The van der Waals surface area contributed by atoms with Crippen LogP contribution in [0.1, 0.15) is 47.0 Å². The van der Waals surface area contributed by atoms with Crippen molar-refractivity contribution in [1.82, 2.24) is 4.89 Å². The van der Waals surface area contributed by atoms with Gasteiger partial charge >= 0.3 is 17.9 Å². The van der Waals surface area contributed by atoms with Crippen LogP contribution in [0, 0.1) is 11.8 Å². The van der Waals surface area contributed by atoms with Gasteiger partial charge in [-0.2, -0.15) is 0 Å². The Morgan fingerprint density at radius 3 is 2.37 bits per heavy atom. The molecule has 0 aliphatic carbocycles. The molecule has 0 radical (unpaired) electrons. The molecule has 1 fully saturated rings. The molecule has 1 aliphatic rings. The van der Waals surface area contributed by atoms with Crippen LogP contribution in [0.5, 0.6) is 0 Å². The first kappa shape index (κ1) is 23.7. The van der Waals surface area contributed by atoms with Crippen LogP contribution < -0.4 is 4.89 Å². The fourth-order valence-electron chi connectivity index (χ4n) is 2.83. The number of thiol groups is 1. The summed E-state index contributed by atoms with van der Waals surface area (Å²) in [6.45, 7) is 6.89. The number of hydrogen-bond acceptors (Lipinski definition) is 10. The predicted molar refractivity (Wildman–Crippen MR) is 97.2 cm³/mol. The van der Waals surface area contributed by atoms with Gasteiger partial charge in [0.25, 0.3) is 0 Å². The van der Waals surface area contributed by atoms with Crippen molar-refractivity contribution in [3.8, 4) is 0 Å². The summed E-state index contributed by atoms with van der Waals surface area (Å²) in [4.78, 5) is 40.3. The number of hydrogen-bond donors (Lipinski definition) is 2. The molecule has 0 spiro atoms. The first-order valence-corrected chi connectivity index (χ1v) is 9.37. The lowest BCUT2D eigenvalue weighted by atomic mass is 9.84. The zero-order valence-corrected chi connectivity index (χ0v) is 17.0. The van der Waals surface area contributed by atoms with Gasteiger partial charge < -0.3 is 23.8 Å². The Morgan fingerprint density at radius 1 is 1.07 bits per heavy atom. The quantitative estimate of drug-likeness (QED) is 0.183. The van der Waals surface area contributed by atoms with Crippen LogP contribution in [-0.2, 0) is 38.2 Å². The molecule has 5 atom stereocenters. The molecule has 1 N–H and O–H groups in total. The normalized spacial score (nSPS) is 27.7. The second-order valence-corrected chi connectivity index (χ2v) is 6.71. The van der Waals surface area contributed by atoms with Crippen molar-refractivity contribution < 1.29 is 38.2 Å². The third-order valence-corrected chi connectivity index (χ3v) is 4.51. The van der Waals surface area contributed by atoms with Gasteiger partial charge in [-0.05, 0) is 12.8 Å². The predicted octanol–water partition coefficient (Wildman–Crippen LogP) is 1.56. The number of ether oxygens (including phenoxy) is 4. The van der Waals surface area contributed by atoms with E-state index in [1.54, 1.807) is 0 Å². The summed E-state index contributed by atoms with van der Waals surface area (Å²) in [6.07, 6.45) is -0.176. The molecule has 27 heavy (non-hydrogen) atoms. The highest BCUT2D eigenvalue weighted by molar-refractivity contribution is 7.77. The largest absolute Gasteiger partial charge is 0.463 e. The molecule has 0 bridgehead atoms. The van der Waals surface area contributed by atoms with E-state index in [2.05, 4.69) is 17.7 Å². The van der Waals surface area contributed by atoms with Crippen molar-refractivity contribution in [3.05, 3.63) is 0 Å². The molecule has 0 amide bonds. The fourth-order valence-corrected chi connectivity index (χ4v) is 2.93. The molecular formula is C17H29NO8S. The van der Waals surface area contributed by atoms with E-state index in [0.717, 1.165) is 0 Å². The highest BCUT2D eigenvalue weighted by Gasteiger charge is 2.44. The van der Waals surface area contributed by atoms with Crippen LogP contribution in [0.4, 0.5) is 0 Å². The highest BCUT2D eigenvalue weighted by atomic mass is 32.1. The van der Waals surface area contributed by atoms with E-state index in [-0.39, 0.29) is 24.9 Å². The third-order valence-electron chi connectivity index (χ3n) is 4.42. The molecule has 0 aromatic rings. The van der Waals surface area contributed by atoms with E-state index >= 15 is 0 Å². The summed E-state index contributed by atoms with van der Waals surface area (Å²) in [6, 6.07) is 0. The smallest absolute Gasteiger partial charge is 0.325 e. The van der Waals surface area contributed by atoms with Crippen LogP contribution in [0.15, 0.2) is 0 Å². The minimum atomic E-state index is -0.606. The Balaban J connectivity index is 2.55. The summed E-state index contributed by atoms with van der Waals surface area (Å²) < 4.78 is 22.2. The lowest BCUT2D eigenvalue weighted by molar-refractivity contribution is -0.273. The van der Waals surface area contributed by atoms with Crippen molar-refractivity contribution >= 4 is 30.7 Å². The highest BCUT2D eigenvalue weighted by Crippen LogP contribution is 2.33. The molecule has 0 saturated carbocycles. The van der Waals surface area contributed by atoms with E-state index in [1.807, 2.05) is 18.7 Å². The number of carbonyl (C=O) groups is 3. The average molecular weight is 407 g/mol. The van der Waals surface area contributed by atoms with Gasteiger partial charge in [-0.3, -0.25) is 14.4 Å². The van der Waals surface area contributed by atoms with Gasteiger partial charge in [-0.25, -0.2) is 0 Å². The summed E-state index contributed by atoms with van der Waals surface area (Å²) >= 11 is 3.58. The van der Waals surface area contributed by atoms with Gasteiger partial charge in [-0.15, -0.1) is 0 Å². The standard InChI is InChI=1S/C17H29NO8S/c1-10-11(2)17(22-8-6-5-7-15(21)26-18-27)25-14(9-23-12(3)19)16(10)24-13(4)20/h10-11,14,16-18,27H,5-9H2,1-4H3/t10-,11?,14?,16-,17?/m1/s1. The van der Waals surface area contributed by atoms with E-state index in [4.69, 9.17) is 18.9 Å². The number of rotatable bonds is 10. The Hall–Kier alpha value is -1.36. The third kappa shape index (κ3) is 8.46. The number of esters is 2. The molecule has 10 heteroatoms. The number of nitrogens with one attached hydrogen (secondary N) is 1. The topological polar surface area (TPSA) is 109 Å². The van der Waals surface area contributed by atoms with Gasteiger partial charge in [0.1, 0.15) is 18.8 Å². The van der Waals surface area contributed by atoms with Crippen LogP contribution in [-0.4, -0.2) is 49.6 Å². The van der Waals surface area contributed by atoms with Crippen molar-refractivity contribution in [1.29, 1.82) is 0 Å².